The summed E-state index contributed by atoms with van der Waals surface area (Å²) in [7, 11) is 0. The fourth-order valence-corrected chi connectivity index (χ4v) is 2.34. The number of anilines is 1. The van der Waals surface area contributed by atoms with E-state index in [1.807, 2.05) is 0 Å². The smallest absolute Gasteiger partial charge is 0.416 e. The van der Waals surface area contributed by atoms with E-state index in [1.165, 1.54) is 30.3 Å². The lowest BCUT2D eigenvalue weighted by molar-refractivity contribution is -0.137. The van der Waals surface area contributed by atoms with E-state index >= 15 is 0 Å². The summed E-state index contributed by atoms with van der Waals surface area (Å²) in [5.74, 6) is -0.261. The number of H-pyrrole nitrogens is 1. The zero-order valence-electron chi connectivity index (χ0n) is 13.4. The van der Waals surface area contributed by atoms with Crippen molar-refractivity contribution >= 4 is 23.2 Å². The highest BCUT2D eigenvalue weighted by Crippen LogP contribution is 2.31. The van der Waals surface area contributed by atoms with Gasteiger partial charge in [0, 0.05) is 10.7 Å². The van der Waals surface area contributed by atoms with Crippen molar-refractivity contribution in [3.63, 3.8) is 0 Å². The van der Waals surface area contributed by atoms with E-state index in [-0.39, 0.29) is 34.5 Å². The van der Waals surface area contributed by atoms with Gasteiger partial charge in [-0.15, -0.1) is 10.2 Å². The van der Waals surface area contributed by atoms with Crippen molar-refractivity contribution in [2.45, 2.75) is 12.8 Å². The molecule has 3 rings (SSSR count). The number of carbonyl (C=O) groups excluding carboxylic acids is 1. The van der Waals surface area contributed by atoms with Crippen molar-refractivity contribution in [1.82, 2.24) is 20.6 Å². The average molecular weight is 398 g/mol. The Labute approximate surface area is 155 Å². The van der Waals surface area contributed by atoms with Crippen LogP contribution in [0.2, 0.25) is 5.02 Å². The molecule has 0 fully saturated rings. The van der Waals surface area contributed by atoms with Gasteiger partial charge in [-0.3, -0.25) is 4.79 Å². The van der Waals surface area contributed by atoms with Crippen LogP contribution in [-0.2, 0) is 12.8 Å². The Morgan fingerprint density at radius 1 is 1.22 bits per heavy atom. The third-order valence-corrected chi connectivity index (χ3v) is 3.62. The summed E-state index contributed by atoms with van der Waals surface area (Å²) in [5.41, 5.74) is -0.845. The third kappa shape index (κ3) is 4.73. The van der Waals surface area contributed by atoms with E-state index in [0.717, 1.165) is 12.1 Å². The largest absolute Gasteiger partial charge is 0.485 e. The zero-order chi connectivity index (χ0) is 19.4. The van der Waals surface area contributed by atoms with Gasteiger partial charge in [0.25, 0.3) is 5.91 Å². The van der Waals surface area contributed by atoms with E-state index in [4.69, 9.17) is 16.3 Å². The number of halogens is 4. The molecule has 0 atom stereocenters. The van der Waals surface area contributed by atoms with Gasteiger partial charge in [0.1, 0.15) is 5.75 Å². The van der Waals surface area contributed by atoms with E-state index in [1.54, 1.807) is 0 Å². The highest BCUT2D eigenvalue weighted by molar-refractivity contribution is 6.31. The first-order chi connectivity index (χ1) is 12.8. The number of benzene rings is 2. The standard InChI is InChI=1S/C16H11ClF3N5O2/c17-10-4-5-13(27-8-14-22-24-25-23-14)12(7-10)15(26)21-11-3-1-2-9(6-11)16(18,19)20/h1-7H,8H2,(H,21,26)(H,22,23,24,25). The lowest BCUT2D eigenvalue weighted by Gasteiger charge is -2.12. The first-order valence-corrected chi connectivity index (χ1v) is 7.84. The number of nitrogens with one attached hydrogen (secondary N) is 2. The minimum atomic E-state index is -4.52. The van der Waals surface area contributed by atoms with Crippen LogP contribution in [0.4, 0.5) is 18.9 Å². The molecule has 2 N–H and O–H groups in total. The van der Waals surface area contributed by atoms with Crippen molar-refractivity contribution in [2.24, 2.45) is 0 Å². The molecule has 1 amide bonds. The van der Waals surface area contributed by atoms with Crippen LogP contribution in [0.15, 0.2) is 42.5 Å². The summed E-state index contributed by atoms with van der Waals surface area (Å²) in [4.78, 5) is 12.5. The fourth-order valence-electron chi connectivity index (χ4n) is 2.16. The summed E-state index contributed by atoms with van der Waals surface area (Å²) in [5, 5.41) is 15.7. The monoisotopic (exact) mass is 397 g/mol. The molecule has 0 aliphatic rings. The molecular weight excluding hydrogens is 387 g/mol. The molecule has 11 heteroatoms. The predicted octanol–water partition coefficient (Wildman–Crippen LogP) is 3.70. The SMILES string of the molecule is O=C(Nc1cccc(C(F)(F)F)c1)c1cc(Cl)ccc1OCc1nn[nH]n1. The fraction of sp³-hybridized carbons (Fsp3) is 0.125. The van der Waals surface area contributed by atoms with Gasteiger partial charge in [-0.2, -0.15) is 18.4 Å². The maximum Gasteiger partial charge on any atom is 0.416 e. The van der Waals surface area contributed by atoms with Gasteiger partial charge in [0.2, 0.25) is 5.82 Å². The first-order valence-electron chi connectivity index (χ1n) is 7.46. The van der Waals surface area contributed by atoms with E-state index in [2.05, 4.69) is 25.9 Å². The number of aromatic amines is 1. The number of hydrogen-bond donors (Lipinski definition) is 2. The molecule has 0 radical (unpaired) electrons. The molecule has 7 nitrogen and oxygen atoms in total. The molecule has 0 aliphatic heterocycles. The highest BCUT2D eigenvalue weighted by atomic mass is 35.5. The maximum atomic E-state index is 12.8. The lowest BCUT2D eigenvalue weighted by Crippen LogP contribution is -2.15. The second-order valence-corrected chi connectivity index (χ2v) is 5.73. The molecule has 27 heavy (non-hydrogen) atoms. The Morgan fingerprint density at radius 3 is 2.74 bits per heavy atom. The predicted molar refractivity (Wildman–Crippen MR) is 89.4 cm³/mol. The Balaban J connectivity index is 1.80. The van der Waals surface area contributed by atoms with Crippen LogP contribution in [0, 0.1) is 0 Å². The van der Waals surface area contributed by atoms with Crippen LogP contribution in [0.5, 0.6) is 5.75 Å². The second-order valence-electron chi connectivity index (χ2n) is 5.29. The summed E-state index contributed by atoms with van der Waals surface area (Å²) < 4.78 is 43.9. The summed E-state index contributed by atoms with van der Waals surface area (Å²) in [6.45, 7) is -0.0675. The van der Waals surface area contributed by atoms with E-state index in [0.29, 0.717) is 0 Å². The van der Waals surface area contributed by atoms with Crippen molar-refractivity contribution in [3.8, 4) is 5.75 Å². The van der Waals surface area contributed by atoms with Crippen LogP contribution < -0.4 is 10.1 Å². The molecule has 0 unspecified atom stereocenters. The van der Waals surface area contributed by atoms with Gasteiger partial charge in [-0.1, -0.05) is 22.9 Å². The number of alkyl halides is 3. The van der Waals surface area contributed by atoms with Gasteiger partial charge in [0.05, 0.1) is 11.1 Å². The van der Waals surface area contributed by atoms with Gasteiger partial charge in [-0.25, -0.2) is 0 Å². The Morgan fingerprint density at radius 2 is 2.04 bits per heavy atom. The Bertz CT molecular complexity index is 947. The third-order valence-electron chi connectivity index (χ3n) is 3.38. The van der Waals surface area contributed by atoms with Gasteiger partial charge >= 0.3 is 6.18 Å². The number of amides is 1. The van der Waals surface area contributed by atoms with Crippen LogP contribution in [0.1, 0.15) is 21.7 Å². The molecule has 0 saturated heterocycles. The number of carbonyl (C=O) groups is 1. The molecule has 0 bridgehead atoms. The first kappa shape index (κ1) is 18.6. The van der Waals surface area contributed by atoms with Crippen molar-refractivity contribution in [1.29, 1.82) is 0 Å². The zero-order valence-corrected chi connectivity index (χ0v) is 14.2. The number of tetrazole rings is 1. The summed E-state index contributed by atoms with van der Waals surface area (Å²) >= 11 is 5.92. The molecule has 0 saturated carbocycles. The minimum Gasteiger partial charge on any atom is -0.485 e. The number of rotatable bonds is 5. The minimum absolute atomic E-state index is 0.0149. The van der Waals surface area contributed by atoms with Crippen LogP contribution >= 0.6 is 11.6 Å². The van der Waals surface area contributed by atoms with Gasteiger partial charge in [0.15, 0.2) is 6.61 Å². The molecule has 2 aromatic carbocycles. The van der Waals surface area contributed by atoms with Crippen LogP contribution in [0.3, 0.4) is 0 Å². The van der Waals surface area contributed by atoms with Crippen LogP contribution in [-0.4, -0.2) is 26.5 Å². The molecule has 0 spiro atoms. The molecular formula is C16H11ClF3N5O2. The lowest BCUT2D eigenvalue weighted by atomic mass is 10.1. The summed E-state index contributed by atoms with van der Waals surface area (Å²) in [6.07, 6.45) is -4.52. The number of nitrogens with zero attached hydrogens (tertiary/aromatic N) is 3. The number of hydrogen-bond acceptors (Lipinski definition) is 5. The van der Waals surface area contributed by atoms with E-state index in [9.17, 15) is 18.0 Å². The molecule has 3 aromatic rings. The second kappa shape index (κ2) is 7.62. The summed E-state index contributed by atoms with van der Waals surface area (Å²) in [6, 6.07) is 8.60. The number of aromatic nitrogens is 4. The average Bonchev–Trinajstić information content (AvgIpc) is 3.13. The van der Waals surface area contributed by atoms with E-state index < -0.39 is 17.6 Å². The topological polar surface area (TPSA) is 92.8 Å². The highest BCUT2D eigenvalue weighted by Gasteiger charge is 2.30. The number of ether oxygens (including phenoxy) is 1. The molecule has 1 aromatic heterocycles. The normalized spacial score (nSPS) is 11.3. The van der Waals surface area contributed by atoms with Gasteiger partial charge < -0.3 is 10.1 Å². The maximum absolute atomic E-state index is 12.8. The molecule has 140 valence electrons. The van der Waals surface area contributed by atoms with Crippen LogP contribution in [0.25, 0.3) is 0 Å². The Kier molecular flexibility index (Phi) is 5.26. The quantitative estimate of drug-likeness (QED) is 0.684. The molecule has 0 aliphatic carbocycles. The Hall–Kier alpha value is -3.14. The van der Waals surface area contributed by atoms with Gasteiger partial charge in [-0.05, 0) is 36.4 Å². The van der Waals surface area contributed by atoms with Crippen molar-refractivity contribution in [3.05, 3.63) is 64.4 Å². The molecule has 1 heterocycles. The van der Waals surface area contributed by atoms with Crippen molar-refractivity contribution < 1.29 is 22.7 Å². The van der Waals surface area contributed by atoms with Crippen molar-refractivity contribution in [2.75, 3.05) is 5.32 Å².